The average Bonchev–Trinajstić information content (AvgIpc) is 2.83. The molecule has 0 aliphatic rings. The van der Waals surface area contributed by atoms with Crippen LogP contribution in [0.5, 0.6) is 0 Å². The summed E-state index contributed by atoms with van der Waals surface area (Å²) in [6.45, 7) is 3.29. The van der Waals surface area contributed by atoms with Crippen LogP contribution in [0.3, 0.4) is 0 Å². The van der Waals surface area contributed by atoms with E-state index in [9.17, 15) is 13.2 Å². The van der Waals surface area contributed by atoms with E-state index in [4.69, 9.17) is 13.0 Å². The molecule has 0 aliphatic heterocycles. The van der Waals surface area contributed by atoms with E-state index in [1.165, 1.54) is 11.1 Å². The van der Waals surface area contributed by atoms with Gasteiger partial charge in [0.25, 0.3) is 0 Å². The number of para-hydroxylation sites is 1. The summed E-state index contributed by atoms with van der Waals surface area (Å²) in [5.74, 6) is 0. The predicted molar refractivity (Wildman–Crippen MR) is 87.1 cm³/mol. The molecule has 0 unspecified atom stereocenters. The summed E-state index contributed by atoms with van der Waals surface area (Å²) in [6.07, 6.45) is 0. The quantitative estimate of drug-likeness (QED) is 0.243. The Balaban J connectivity index is 0.000000242. The molecule has 4 nitrogen and oxygen atoms in total. The fourth-order valence-corrected chi connectivity index (χ4v) is 5.03. The van der Waals surface area contributed by atoms with Gasteiger partial charge in [-0.25, -0.2) is 8.42 Å². The molecule has 0 spiro atoms. The van der Waals surface area contributed by atoms with Gasteiger partial charge >= 0.3 is 117 Å². The molecular formula is C16H14F3NO3STe. The summed E-state index contributed by atoms with van der Waals surface area (Å²) >= 11 is -0.122. The Labute approximate surface area is 152 Å². The minimum Gasteiger partial charge on any atom is -0.741 e. The van der Waals surface area contributed by atoms with E-state index in [-0.39, 0.29) is 20.4 Å². The smallest absolute Gasteiger partial charge is 0.485 e. The van der Waals surface area contributed by atoms with E-state index in [0.29, 0.717) is 0 Å². The van der Waals surface area contributed by atoms with Gasteiger partial charge in [-0.15, -0.1) is 0 Å². The standard InChI is InChI=1S/C15H14NTe.CHF3O3S/c1-12-16(11-13-7-3-2-4-8-13)14-9-5-6-10-15(14)17-12;2-1(3,4)8(5,6)7/h2-10H,11H2,1H3;(H,5,6,7)/q+1;/p-1. The van der Waals surface area contributed by atoms with Gasteiger partial charge in [0.1, 0.15) is 0 Å². The molecule has 3 rings (SSSR count). The van der Waals surface area contributed by atoms with Crippen molar-refractivity contribution in [3.8, 4) is 0 Å². The second kappa shape index (κ2) is 7.87. The molecule has 0 saturated heterocycles. The molecule has 0 atom stereocenters. The van der Waals surface area contributed by atoms with Gasteiger partial charge in [-0.2, -0.15) is 13.2 Å². The zero-order valence-corrected chi connectivity index (χ0v) is 16.2. The maximum absolute atomic E-state index is 10.7. The molecule has 134 valence electrons. The van der Waals surface area contributed by atoms with Crippen molar-refractivity contribution in [1.82, 2.24) is 0 Å². The third-order valence-electron chi connectivity index (χ3n) is 3.26. The first-order valence-electron chi connectivity index (χ1n) is 7.03. The van der Waals surface area contributed by atoms with Crippen LogP contribution in [0.2, 0.25) is 0 Å². The zero-order chi connectivity index (χ0) is 18.7. The first kappa shape index (κ1) is 19.9. The van der Waals surface area contributed by atoms with Gasteiger partial charge in [-0.3, -0.25) is 0 Å². The first-order valence-corrected chi connectivity index (χ1v) is 10.8. The van der Waals surface area contributed by atoms with Crippen LogP contribution in [0.4, 0.5) is 13.2 Å². The number of rotatable bonds is 2. The molecule has 1 heterocycles. The number of benzene rings is 2. The Morgan fingerprint density at radius 3 is 2.12 bits per heavy atom. The van der Waals surface area contributed by atoms with E-state index in [1.54, 1.807) is 7.11 Å². The second-order valence-corrected chi connectivity index (χ2v) is 9.96. The largest absolute Gasteiger partial charge is 0.741 e. The monoisotopic (exact) mass is 487 g/mol. The van der Waals surface area contributed by atoms with Gasteiger partial charge < -0.3 is 4.55 Å². The molecule has 2 aromatic carbocycles. The number of aryl methyl sites for hydroxylation is 1. The van der Waals surface area contributed by atoms with Crippen molar-refractivity contribution in [2.45, 2.75) is 19.0 Å². The van der Waals surface area contributed by atoms with Crippen LogP contribution < -0.4 is 4.57 Å². The number of fused-ring (bicyclic) bond motifs is 1. The molecule has 3 aromatic rings. The fraction of sp³-hybridized carbons (Fsp3) is 0.188. The van der Waals surface area contributed by atoms with Gasteiger partial charge in [0.2, 0.25) is 0 Å². The van der Waals surface area contributed by atoms with Crippen molar-refractivity contribution in [3.63, 3.8) is 0 Å². The third kappa shape index (κ3) is 5.28. The van der Waals surface area contributed by atoms with Crippen molar-refractivity contribution < 1.29 is 30.7 Å². The van der Waals surface area contributed by atoms with Gasteiger partial charge in [-0.05, 0) is 0 Å². The maximum atomic E-state index is 10.7. The van der Waals surface area contributed by atoms with Crippen molar-refractivity contribution in [2.75, 3.05) is 0 Å². The Kier molecular flexibility index (Phi) is 6.27. The summed E-state index contributed by atoms with van der Waals surface area (Å²) in [4.78, 5) is 0. The first-order chi connectivity index (χ1) is 11.6. The van der Waals surface area contributed by atoms with Crippen LogP contribution in [0, 0.1) is 6.92 Å². The number of nitrogens with zero attached hydrogens (tertiary/aromatic N) is 1. The zero-order valence-electron chi connectivity index (χ0n) is 13.0. The third-order valence-corrected chi connectivity index (χ3v) is 6.91. The molecule has 0 bridgehead atoms. The topological polar surface area (TPSA) is 61.1 Å². The molecular weight excluding hydrogens is 471 g/mol. The Bertz CT molecular complexity index is 954. The molecule has 25 heavy (non-hydrogen) atoms. The summed E-state index contributed by atoms with van der Waals surface area (Å²) in [6, 6.07) is 19.5. The summed E-state index contributed by atoms with van der Waals surface area (Å²) in [5.41, 5.74) is -2.83. The minimum atomic E-state index is -6.09. The SMILES string of the molecule is Cc1[te]c2ccccc2[n+]1Cc1ccccc1.O=S(=O)([O-])C(F)(F)F. The van der Waals surface area contributed by atoms with E-state index < -0.39 is 15.6 Å². The molecule has 0 saturated carbocycles. The van der Waals surface area contributed by atoms with Crippen molar-refractivity contribution in [1.29, 1.82) is 0 Å². The minimum absolute atomic E-state index is 0.122. The van der Waals surface area contributed by atoms with Gasteiger partial charge in [0.05, 0.1) is 0 Å². The number of hydrogen-bond acceptors (Lipinski definition) is 3. The molecule has 0 fully saturated rings. The molecule has 0 N–H and O–H groups in total. The predicted octanol–water partition coefficient (Wildman–Crippen LogP) is 2.59. The molecule has 0 amide bonds. The van der Waals surface area contributed by atoms with Crippen LogP contribution in [0.15, 0.2) is 54.6 Å². The van der Waals surface area contributed by atoms with Crippen molar-refractivity contribution in [2.24, 2.45) is 0 Å². The summed E-state index contributed by atoms with van der Waals surface area (Å²) in [7, 11) is -6.09. The van der Waals surface area contributed by atoms with E-state index in [1.807, 2.05) is 0 Å². The van der Waals surface area contributed by atoms with Crippen LogP contribution >= 0.6 is 0 Å². The van der Waals surface area contributed by atoms with Crippen molar-refractivity contribution in [3.05, 3.63) is 63.9 Å². The molecule has 1 aromatic heterocycles. The van der Waals surface area contributed by atoms with Crippen LogP contribution in [-0.2, 0) is 16.7 Å². The fourth-order valence-electron chi connectivity index (χ4n) is 2.11. The number of aromatic nitrogens is 1. The molecule has 9 heteroatoms. The summed E-state index contributed by atoms with van der Waals surface area (Å²) < 4.78 is 64.5. The van der Waals surface area contributed by atoms with E-state index >= 15 is 0 Å². The van der Waals surface area contributed by atoms with Gasteiger partial charge in [-0.1, -0.05) is 0 Å². The normalized spacial score (nSPS) is 11.9. The Morgan fingerprint density at radius 2 is 1.56 bits per heavy atom. The molecule has 0 radical (unpaired) electrons. The number of hydrogen-bond donors (Lipinski definition) is 0. The van der Waals surface area contributed by atoms with Gasteiger partial charge in [0, 0.05) is 0 Å². The summed E-state index contributed by atoms with van der Waals surface area (Å²) in [5, 5.41) is 0. The van der Waals surface area contributed by atoms with Crippen molar-refractivity contribution >= 4 is 39.5 Å². The Morgan fingerprint density at radius 1 is 1.04 bits per heavy atom. The maximum Gasteiger partial charge on any atom is 0.485 e. The van der Waals surface area contributed by atoms with Crippen LogP contribution in [0.25, 0.3) is 8.92 Å². The average molecular weight is 485 g/mol. The van der Waals surface area contributed by atoms with Crippen LogP contribution in [0.1, 0.15) is 9.27 Å². The second-order valence-electron chi connectivity index (χ2n) is 5.06. The number of alkyl halides is 3. The van der Waals surface area contributed by atoms with Gasteiger partial charge in [0.15, 0.2) is 10.1 Å². The van der Waals surface area contributed by atoms with Crippen LogP contribution in [-0.4, -0.2) is 38.9 Å². The van der Waals surface area contributed by atoms with E-state index in [0.717, 1.165) is 6.54 Å². The van der Waals surface area contributed by atoms with E-state index in [2.05, 4.69) is 66.1 Å². The number of halogens is 3. The Hall–Kier alpha value is -1.40. The molecule has 0 aliphatic carbocycles.